The minimum absolute atomic E-state index is 0.145. The van der Waals surface area contributed by atoms with Crippen molar-refractivity contribution in [2.45, 2.75) is 18.2 Å². The molecular weight excluding hydrogens is 426 g/mol. The number of rotatable bonds is 8. The molecule has 0 radical (unpaired) electrons. The first-order valence-electron chi connectivity index (χ1n) is 9.82. The first-order chi connectivity index (χ1) is 14.3. The number of hydrogen-bond donors (Lipinski definition) is 2. The number of anilines is 1. The Labute approximate surface area is 182 Å². The SMILES string of the molecule is Cc1ccc(S(=O)(=O)Nc2ccc(C(=O)NCCCN3CCOCC3)cc2Cl)cc1. The van der Waals surface area contributed by atoms with Gasteiger partial charge >= 0.3 is 0 Å². The van der Waals surface area contributed by atoms with E-state index in [1.54, 1.807) is 18.2 Å². The summed E-state index contributed by atoms with van der Waals surface area (Å²) in [5.41, 5.74) is 1.57. The van der Waals surface area contributed by atoms with Gasteiger partial charge in [-0.25, -0.2) is 8.42 Å². The summed E-state index contributed by atoms with van der Waals surface area (Å²) in [4.78, 5) is 14.8. The fourth-order valence-electron chi connectivity index (χ4n) is 3.09. The number of benzene rings is 2. The number of morpholine rings is 1. The Morgan fingerprint density at radius 1 is 1.13 bits per heavy atom. The second-order valence-electron chi connectivity index (χ2n) is 7.18. The van der Waals surface area contributed by atoms with Gasteiger partial charge in [0.25, 0.3) is 15.9 Å². The third-order valence-corrected chi connectivity index (χ3v) is 6.54. The van der Waals surface area contributed by atoms with Crippen LogP contribution in [-0.2, 0) is 14.8 Å². The van der Waals surface area contributed by atoms with E-state index in [-0.39, 0.29) is 21.5 Å². The molecule has 0 spiro atoms. The molecule has 2 aromatic rings. The fraction of sp³-hybridized carbons (Fsp3) is 0.381. The van der Waals surface area contributed by atoms with Gasteiger partial charge < -0.3 is 10.1 Å². The summed E-state index contributed by atoms with van der Waals surface area (Å²) >= 11 is 6.23. The molecule has 1 fully saturated rings. The molecule has 0 atom stereocenters. The van der Waals surface area contributed by atoms with Crippen molar-refractivity contribution in [1.82, 2.24) is 10.2 Å². The van der Waals surface area contributed by atoms with Crippen LogP contribution in [0.25, 0.3) is 0 Å². The lowest BCUT2D eigenvalue weighted by Gasteiger charge is -2.26. The largest absolute Gasteiger partial charge is 0.379 e. The third kappa shape index (κ3) is 6.18. The van der Waals surface area contributed by atoms with E-state index in [2.05, 4.69) is 14.9 Å². The molecule has 2 N–H and O–H groups in total. The standard InChI is InChI=1S/C21H26ClN3O4S/c1-16-3-6-18(7-4-16)30(27,28)24-20-8-5-17(15-19(20)22)21(26)23-9-2-10-25-11-13-29-14-12-25/h3-8,15,24H,2,9-14H2,1H3,(H,23,26). The van der Waals surface area contributed by atoms with Crippen LogP contribution in [0.15, 0.2) is 47.4 Å². The molecule has 1 heterocycles. The number of nitrogens with one attached hydrogen (secondary N) is 2. The highest BCUT2D eigenvalue weighted by Crippen LogP contribution is 2.26. The maximum atomic E-state index is 12.5. The predicted octanol–water partition coefficient (Wildman–Crippen LogP) is 2.90. The monoisotopic (exact) mass is 451 g/mol. The molecule has 3 rings (SSSR count). The van der Waals surface area contributed by atoms with E-state index in [1.165, 1.54) is 24.3 Å². The Hall–Kier alpha value is -2.13. The second-order valence-corrected chi connectivity index (χ2v) is 9.27. The average molecular weight is 452 g/mol. The van der Waals surface area contributed by atoms with E-state index >= 15 is 0 Å². The number of amides is 1. The Morgan fingerprint density at radius 3 is 2.50 bits per heavy atom. The molecule has 7 nitrogen and oxygen atoms in total. The fourth-order valence-corrected chi connectivity index (χ4v) is 4.46. The number of hydrogen-bond acceptors (Lipinski definition) is 5. The Morgan fingerprint density at radius 2 is 1.83 bits per heavy atom. The summed E-state index contributed by atoms with van der Waals surface area (Å²) < 4.78 is 32.8. The Balaban J connectivity index is 1.55. The average Bonchev–Trinajstić information content (AvgIpc) is 2.73. The zero-order valence-electron chi connectivity index (χ0n) is 16.9. The van der Waals surface area contributed by atoms with Crippen molar-refractivity contribution in [3.8, 4) is 0 Å². The van der Waals surface area contributed by atoms with Crippen LogP contribution < -0.4 is 10.0 Å². The highest BCUT2D eigenvalue weighted by atomic mass is 35.5. The van der Waals surface area contributed by atoms with Crippen molar-refractivity contribution >= 4 is 33.2 Å². The van der Waals surface area contributed by atoms with Gasteiger partial charge in [-0.2, -0.15) is 0 Å². The molecule has 0 unspecified atom stereocenters. The summed E-state index contributed by atoms with van der Waals surface area (Å²) in [6, 6.07) is 11.0. The van der Waals surface area contributed by atoms with Crippen molar-refractivity contribution < 1.29 is 17.9 Å². The zero-order valence-corrected chi connectivity index (χ0v) is 18.4. The van der Waals surface area contributed by atoms with Crippen molar-refractivity contribution in [2.75, 3.05) is 44.1 Å². The lowest BCUT2D eigenvalue weighted by Crippen LogP contribution is -2.38. The summed E-state index contributed by atoms with van der Waals surface area (Å²) in [7, 11) is -3.76. The number of carbonyl (C=O) groups is 1. The molecule has 0 saturated carbocycles. The van der Waals surface area contributed by atoms with Crippen LogP contribution in [0.5, 0.6) is 0 Å². The molecule has 9 heteroatoms. The van der Waals surface area contributed by atoms with Gasteiger partial charge in [0.05, 0.1) is 28.8 Å². The van der Waals surface area contributed by atoms with Gasteiger partial charge in [-0.15, -0.1) is 0 Å². The maximum absolute atomic E-state index is 12.5. The summed E-state index contributed by atoms with van der Waals surface area (Å²) in [5, 5.41) is 3.03. The first kappa shape index (κ1) is 22.6. The van der Waals surface area contributed by atoms with Crippen LogP contribution in [0.2, 0.25) is 5.02 Å². The minimum Gasteiger partial charge on any atom is -0.379 e. The summed E-state index contributed by atoms with van der Waals surface area (Å²) in [5.74, 6) is -0.244. The normalized spacial score (nSPS) is 15.0. The van der Waals surface area contributed by atoms with Gasteiger partial charge in [-0.3, -0.25) is 14.4 Å². The second kappa shape index (κ2) is 10.3. The zero-order chi connectivity index (χ0) is 21.6. The van der Waals surface area contributed by atoms with Crippen molar-refractivity contribution in [1.29, 1.82) is 0 Å². The molecule has 0 aromatic heterocycles. The molecule has 2 aromatic carbocycles. The van der Waals surface area contributed by atoms with Crippen LogP contribution in [0.1, 0.15) is 22.3 Å². The number of aryl methyl sites for hydroxylation is 1. The Kier molecular flexibility index (Phi) is 7.71. The summed E-state index contributed by atoms with van der Waals surface area (Å²) in [6.45, 7) is 6.69. The highest BCUT2D eigenvalue weighted by molar-refractivity contribution is 7.92. The molecule has 30 heavy (non-hydrogen) atoms. The number of ether oxygens (including phenoxy) is 1. The van der Waals surface area contributed by atoms with Crippen LogP contribution in [-0.4, -0.2) is 58.6 Å². The van der Waals surface area contributed by atoms with Crippen LogP contribution in [0.4, 0.5) is 5.69 Å². The van der Waals surface area contributed by atoms with E-state index in [1.807, 2.05) is 6.92 Å². The first-order valence-corrected chi connectivity index (χ1v) is 11.7. The lowest BCUT2D eigenvalue weighted by molar-refractivity contribution is 0.0374. The number of halogens is 1. The molecule has 1 amide bonds. The van der Waals surface area contributed by atoms with E-state index < -0.39 is 10.0 Å². The maximum Gasteiger partial charge on any atom is 0.261 e. The van der Waals surface area contributed by atoms with Crippen LogP contribution >= 0.6 is 11.6 Å². The summed E-state index contributed by atoms with van der Waals surface area (Å²) in [6.07, 6.45) is 0.841. The Bertz CT molecular complexity index is 974. The molecule has 162 valence electrons. The van der Waals surface area contributed by atoms with Crippen molar-refractivity contribution in [3.05, 3.63) is 58.6 Å². The van der Waals surface area contributed by atoms with Crippen molar-refractivity contribution in [3.63, 3.8) is 0 Å². The van der Waals surface area contributed by atoms with Crippen molar-refractivity contribution in [2.24, 2.45) is 0 Å². The molecule has 1 saturated heterocycles. The van der Waals surface area contributed by atoms with E-state index in [4.69, 9.17) is 16.3 Å². The molecule has 1 aliphatic heterocycles. The molecule has 0 aliphatic carbocycles. The van der Waals surface area contributed by atoms with Gasteiger partial charge in [-0.05, 0) is 50.2 Å². The molecular formula is C21H26ClN3O4S. The number of carbonyl (C=O) groups excluding carboxylic acids is 1. The van der Waals surface area contributed by atoms with Gasteiger partial charge in [-0.1, -0.05) is 29.3 Å². The predicted molar refractivity (Wildman–Crippen MR) is 118 cm³/mol. The smallest absolute Gasteiger partial charge is 0.261 e. The molecule has 1 aliphatic rings. The van der Waals surface area contributed by atoms with Crippen LogP contribution in [0, 0.1) is 6.92 Å². The van der Waals surface area contributed by atoms with Gasteiger partial charge in [0.2, 0.25) is 0 Å². The number of nitrogens with zero attached hydrogens (tertiary/aromatic N) is 1. The lowest BCUT2D eigenvalue weighted by atomic mass is 10.2. The van der Waals surface area contributed by atoms with Gasteiger partial charge in [0.15, 0.2) is 0 Å². The van der Waals surface area contributed by atoms with E-state index in [0.717, 1.165) is 44.8 Å². The quantitative estimate of drug-likeness (QED) is 0.602. The van der Waals surface area contributed by atoms with Gasteiger partial charge in [0.1, 0.15) is 0 Å². The van der Waals surface area contributed by atoms with E-state index in [9.17, 15) is 13.2 Å². The highest BCUT2D eigenvalue weighted by Gasteiger charge is 2.17. The topological polar surface area (TPSA) is 87.7 Å². The third-order valence-electron chi connectivity index (χ3n) is 4.85. The van der Waals surface area contributed by atoms with Crippen LogP contribution in [0.3, 0.4) is 0 Å². The minimum atomic E-state index is -3.76. The van der Waals surface area contributed by atoms with E-state index in [0.29, 0.717) is 12.1 Å². The molecule has 0 bridgehead atoms. The number of sulfonamides is 1. The van der Waals surface area contributed by atoms with Gasteiger partial charge in [0, 0.05) is 25.2 Å².